The van der Waals surface area contributed by atoms with E-state index in [1.54, 1.807) is 0 Å². The third kappa shape index (κ3) is 1.01. The molecule has 0 aromatic heterocycles. The van der Waals surface area contributed by atoms with Gasteiger partial charge in [0.15, 0.2) is 0 Å². The van der Waals surface area contributed by atoms with Crippen molar-refractivity contribution >= 4 is 0 Å². The maximum absolute atomic E-state index is 2.66. The van der Waals surface area contributed by atoms with E-state index in [1.807, 2.05) is 0 Å². The number of likely N-dealkylation sites (tertiary alicyclic amines) is 1. The normalized spacial score (nSPS) is 35.5. The van der Waals surface area contributed by atoms with Crippen LogP contribution in [0.4, 0.5) is 0 Å². The molecule has 1 heterocycles. The molecular weight excluding hydrogens is 134 g/mol. The first-order valence-corrected chi connectivity index (χ1v) is 4.91. The molecule has 64 valence electrons. The van der Waals surface area contributed by atoms with Crippen molar-refractivity contribution in [2.24, 2.45) is 5.41 Å². The highest BCUT2D eigenvalue weighted by Crippen LogP contribution is 2.57. The van der Waals surface area contributed by atoms with Crippen LogP contribution in [-0.4, -0.2) is 23.5 Å². The van der Waals surface area contributed by atoms with Crippen LogP contribution >= 0.6 is 0 Å². The van der Waals surface area contributed by atoms with Crippen LogP contribution in [0.5, 0.6) is 0 Å². The number of hydrogen-bond donors (Lipinski definition) is 0. The Balaban J connectivity index is 2.06. The molecule has 0 aromatic rings. The molecule has 1 aliphatic carbocycles. The number of hydrogen-bond acceptors (Lipinski definition) is 1. The van der Waals surface area contributed by atoms with Crippen LogP contribution < -0.4 is 0 Å². The van der Waals surface area contributed by atoms with Crippen molar-refractivity contribution in [3.05, 3.63) is 0 Å². The van der Waals surface area contributed by atoms with E-state index in [4.69, 9.17) is 0 Å². The summed E-state index contributed by atoms with van der Waals surface area (Å²) < 4.78 is 0. The fourth-order valence-corrected chi connectivity index (χ4v) is 2.64. The SMILES string of the molecule is CC(C)N1CCC2(CC2)[C@H]1C. The van der Waals surface area contributed by atoms with Gasteiger partial charge in [-0.1, -0.05) is 0 Å². The predicted octanol–water partition coefficient (Wildman–Crippen LogP) is 2.27. The Morgan fingerprint density at radius 1 is 1.27 bits per heavy atom. The molecule has 0 aromatic carbocycles. The Kier molecular flexibility index (Phi) is 1.54. The minimum absolute atomic E-state index is 0.755. The minimum Gasteiger partial charge on any atom is -0.298 e. The summed E-state index contributed by atoms with van der Waals surface area (Å²) in [5.41, 5.74) is 0.782. The van der Waals surface area contributed by atoms with Crippen molar-refractivity contribution in [1.82, 2.24) is 4.90 Å². The van der Waals surface area contributed by atoms with Gasteiger partial charge in [0.25, 0.3) is 0 Å². The Labute approximate surface area is 69.8 Å². The molecule has 2 aliphatic rings. The molecule has 1 spiro atoms. The van der Waals surface area contributed by atoms with Gasteiger partial charge >= 0.3 is 0 Å². The zero-order valence-corrected chi connectivity index (χ0v) is 7.93. The Morgan fingerprint density at radius 3 is 2.18 bits per heavy atom. The molecule has 1 saturated carbocycles. The summed E-state index contributed by atoms with van der Waals surface area (Å²) in [5.74, 6) is 0. The van der Waals surface area contributed by atoms with E-state index in [9.17, 15) is 0 Å². The second-order valence-corrected chi connectivity index (χ2v) is 4.62. The largest absolute Gasteiger partial charge is 0.298 e. The van der Waals surface area contributed by atoms with Crippen LogP contribution in [0.2, 0.25) is 0 Å². The first-order chi connectivity index (χ1) is 5.16. The lowest BCUT2D eigenvalue weighted by atomic mass is 9.99. The van der Waals surface area contributed by atoms with Gasteiger partial charge in [-0.25, -0.2) is 0 Å². The monoisotopic (exact) mass is 153 g/mol. The molecule has 11 heavy (non-hydrogen) atoms. The first kappa shape index (κ1) is 7.60. The molecule has 2 rings (SSSR count). The summed E-state index contributed by atoms with van der Waals surface area (Å²) >= 11 is 0. The van der Waals surface area contributed by atoms with Gasteiger partial charge < -0.3 is 0 Å². The van der Waals surface area contributed by atoms with Crippen molar-refractivity contribution < 1.29 is 0 Å². The zero-order chi connectivity index (χ0) is 8.06. The predicted molar refractivity (Wildman–Crippen MR) is 47.6 cm³/mol. The minimum atomic E-state index is 0.755. The van der Waals surface area contributed by atoms with E-state index in [-0.39, 0.29) is 0 Å². The average Bonchev–Trinajstić information content (AvgIpc) is 2.61. The van der Waals surface area contributed by atoms with Crippen molar-refractivity contribution in [2.75, 3.05) is 6.54 Å². The summed E-state index contributed by atoms with van der Waals surface area (Å²) in [6.45, 7) is 8.40. The Morgan fingerprint density at radius 2 is 1.91 bits per heavy atom. The molecule has 1 heteroatoms. The number of nitrogens with zero attached hydrogens (tertiary/aromatic N) is 1. The molecule has 0 amide bonds. The maximum Gasteiger partial charge on any atom is 0.0127 e. The Hall–Kier alpha value is -0.0400. The van der Waals surface area contributed by atoms with Gasteiger partial charge in [-0.3, -0.25) is 4.90 Å². The molecule has 1 saturated heterocycles. The average molecular weight is 153 g/mol. The van der Waals surface area contributed by atoms with Gasteiger partial charge in [-0.15, -0.1) is 0 Å². The van der Waals surface area contributed by atoms with Crippen molar-refractivity contribution in [1.29, 1.82) is 0 Å². The fraction of sp³-hybridized carbons (Fsp3) is 1.00. The molecule has 2 fully saturated rings. The zero-order valence-electron chi connectivity index (χ0n) is 7.93. The van der Waals surface area contributed by atoms with E-state index in [0.717, 1.165) is 17.5 Å². The quantitative estimate of drug-likeness (QED) is 0.558. The van der Waals surface area contributed by atoms with Crippen LogP contribution in [0, 0.1) is 5.41 Å². The van der Waals surface area contributed by atoms with Crippen LogP contribution in [0.3, 0.4) is 0 Å². The van der Waals surface area contributed by atoms with E-state index in [2.05, 4.69) is 25.7 Å². The summed E-state index contributed by atoms with van der Waals surface area (Å²) in [7, 11) is 0. The standard InChI is InChI=1S/C10H19N/c1-8(2)11-7-6-10(4-5-10)9(11)3/h8-9H,4-7H2,1-3H3/t9-/m1/s1. The highest BCUT2D eigenvalue weighted by molar-refractivity contribution is 5.06. The van der Waals surface area contributed by atoms with Crippen LogP contribution in [0.1, 0.15) is 40.0 Å². The first-order valence-electron chi connectivity index (χ1n) is 4.91. The molecule has 1 atom stereocenters. The lowest BCUT2D eigenvalue weighted by Gasteiger charge is -2.27. The van der Waals surface area contributed by atoms with Crippen LogP contribution in [-0.2, 0) is 0 Å². The van der Waals surface area contributed by atoms with Gasteiger partial charge in [-0.05, 0) is 52.0 Å². The molecule has 1 aliphatic heterocycles. The topological polar surface area (TPSA) is 3.24 Å². The smallest absolute Gasteiger partial charge is 0.0127 e. The fourth-order valence-electron chi connectivity index (χ4n) is 2.64. The number of rotatable bonds is 1. The lowest BCUT2D eigenvalue weighted by Crippen LogP contribution is -2.36. The Bertz CT molecular complexity index is 158. The molecular formula is C10H19N. The molecule has 0 N–H and O–H groups in total. The van der Waals surface area contributed by atoms with Crippen molar-refractivity contribution in [3.63, 3.8) is 0 Å². The van der Waals surface area contributed by atoms with Crippen LogP contribution in [0.25, 0.3) is 0 Å². The summed E-state index contributed by atoms with van der Waals surface area (Å²) in [4.78, 5) is 2.66. The third-order valence-corrected chi connectivity index (χ3v) is 3.81. The molecule has 0 radical (unpaired) electrons. The van der Waals surface area contributed by atoms with Gasteiger partial charge in [-0.2, -0.15) is 0 Å². The van der Waals surface area contributed by atoms with E-state index in [1.165, 1.54) is 25.8 Å². The second-order valence-electron chi connectivity index (χ2n) is 4.62. The summed E-state index contributed by atoms with van der Waals surface area (Å²) in [5, 5.41) is 0. The lowest BCUT2D eigenvalue weighted by molar-refractivity contribution is 0.189. The van der Waals surface area contributed by atoms with Gasteiger partial charge in [0, 0.05) is 12.1 Å². The van der Waals surface area contributed by atoms with Gasteiger partial charge in [0.05, 0.1) is 0 Å². The highest BCUT2D eigenvalue weighted by Gasteiger charge is 2.53. The molecule has 0 unspecified atom stereocenters. The van der Waals surface area contributed by atoms with E-state index >= 15 is 0 Å². The van der Waals surface area contributed by atoms with Crippen molar-refractivity contribution in [3.8, 4) is 0 Å². The highest BCUT2D eigenvalue weighted by atomic mass is 15.2. The van der Waals surface area contributed by atoms with Gasteiger partial charge in [0.1, 0.15) is 0 Å². The van der Waals surface area contributed by atoms with E-state index in [0.29, 0.717) is 0 Å². The summed E-state index contributed by atoms with van der Waals surface area (Å²) in [6, 6.07) is 1.62. The molecule has 0 bridgehead atoms. The molecule has 1 nitrogen and oxygen atoms in total. The second kappa shape index (κ2) is 2.22. The van der Waals surface area contributed by atoms with E-state index < -0.39 is 0 Å². The third-order valence-electron chi connectivity index (χ3n) is 3.81. The van der Waals surface area contributed by atoms with Gasteiger partial charge in [0.2, 0.25) is 0 Å². The maximum atomic E-state index is 2.66. The van der Waals surface area contributed by atoms with Crippen molar-refractivity contribution in [2.45, 2.75) is 52.1 Å². The van der Waals surface area contributed by atoms with Crippen LogP contribution in [0.15, 0.2) is 0 Å². The summed E-state index contributed by atoms with van der Waals surface area (Å²) in [6.07, 6.45) is 4.46.